The van der Waals surface area contributed by atoms with Crippen LogP contribution in [-0.2, 0) is 6.54 Å². The Morgan fingerprint density at radius 1 is 1.25 bits per heavy atom. The van der Waals surface area contributed by atoms with Gasteiger partial charge in [-0.2, -0.15) is 9.67 Å². The summed E-state index contributed by atoms with van der Waals surface area (Å²) in [6.45, 7) is 2.30. The topological polar surface area (TPSA) is 72.7 Å². The number of rotatable bonds is 5. The minimum atomic E-state index is -0.128. The molecule has 3 aromatic rings. The molecular weight excluding hydrogens is 326 g/mol. The molecule has 2 heterocycles. The van der Waals surface area contributed by atoms with Crippen molar-refractivity contribution in [3.8, 4) is 11.4 Å². The van der Waals surface area contributed by atoms with E-state index in [1.165, 1.54) is 4.68 Å². The second-order valence-corrected chi connectivity index (χ2v) is 5.58. The highest BCUT2D eigenvalue weighted by molar-refractivity contribution is 6.30. The Labute approximate surface area is 144 Å². The lowest BCUT2D eigenvalue weighted by Crippen LogP contribution is -2.15. The van der Waals surface area contributed by atoms with Crippen LogP contribution >= 0.6 is 11.6 Å². The molecule has 0 spiro atoms. The van der Waals surface area contributed by atoms with Crippen LogP contribution in [0.5, 0.6) is 0 Å². The molecule has 3 rings (SSSR count). The van der Waals surface area contributed by atoms with Gasteiger partial charge in [-0.1, -0.05) is 30.7 Å². The number of nitrogens with one attached hydrogen (secondary N) is 1. The minimum Gasteiger partial charge on any atom is -0.350 e. The van der Waals surface area contributed by atoms with Crippen LogP contribution in [0.15, 0.2) is 48.8 Å². The molecule has 0 fully saturated rings. The summed E-state index contributed by atoms with van der Waals surface area (Å²) in [6.07, 6.45) is 3.68. The summed E-state index contributed by atoms with van der Waals surface area (Å²) in [5.41, 5.74) is 1.79. The average Bonchev–Trinajstić information content (AvgIpc) is 3.05. The molecule has 0 bridgehead atoms. The van der Waals surface area contributed by atoms with Crippen LogP contribution in [0.25, 0.3) is 11.4 Å². The number of carbonyl (C=O) groups excluding carboxylic acids is 1. The lowest BCUT2D eigenvalue weighted by molar-refractivity contribution is 0.0895. The Hall–Kier alpha value is -2.73. The number of benzene rings is 1. The van der Waals surface area contributed by atoms with Crippen molar-refractivity contribution >= 4 is 23.5 Å². The van der Waals surface area contributed by atoms with Gasteiger partial charge in [0.2, 0.25) is 11.9 Å². The largest absolute Gasteiger partial charge is 0.350 e. The van der Waals surface area contributed by atoms with E-state index in [-0.39, 0.29) is 5.91 Å². The molecule has 122 valence electrons. The van der Waals surface area contributed by atoms with Gasteiger partial charge in [-0.25, -0.2) is 0 Å². The first-order valence-electron chi connectivity index (χ1n) is 7.56. The molecule has 24 heavy (non-hydrogen) atoms. The van der Waals surface area contributed by atoms with E-state index >= 15 is 0 Å². The second-order valence-electron chi connectivity index (χ2n) is 5.14. The Morgan fingerprint density at radius 2 is 2.04 bits per heavy atom. The molecular formula is C17H16ClN5O. The van der Waals surface area contributed by atoms with Crippen LogP contribution in [0.1, 0.15) is 23.7 Å². The number of aromatic nitrogens is 4. The smallest absolute Gasteiger partial charge is 0.249 e. The zero-order valence-electron chi connectivity index (χ0n) is 13.1. The van der Waals surface area contributed by atoms with E-state index in [1.807, 2.05) is 30.3 Å². The zero-order valence-corrected chi connectivity index (χ0v) is 13.9. The standard InChI is InChI=1S/C17H16ClN5O/c1-2-15(24)23-17(20-10-12-5-7-14(18)8-6-12)21-16(22-23)13-4-3-9-19-11-13/h3-9,11H,2,10H2,1H3,(H,20,21,22). The maximum absolute atomic E-state index is 12.1. The molecule has 1 N–H and O–H groups in total. The third kappa shape index (κ3) is 3.60. The van der Waals surface area contributed by atoms with Crippen LogP contribution < -0.4 is 5.32 Å². The van der Waals surface area contributed by atoms with Crippen molar-refractivity contribution in [1.82, 2.24) is 19.7 Å². The predicted molar refractivity (Wildman–Crippen MR) is 92.9 cm³/mol. The van der Waals surface area contributed by atoms with E-state index < -0.39 is 0 Å². The van der Waals surface area contributed by atoms with Gasteiger partial charge in [0.25, 0.3) is 0 Å². The third-order valence-electron chi connectivity index (χ3n) is 3.43. The van der Waals surface area contributed by atoms with Gasteiger partial charge in [0.05, 0.1) is 0 Å². The normalized spacial score (nSPS) is 10.6. The molecule has 0 aliphatic rings. The Balaban J connectivity index is 1.86. The maximum Gasteiger partial charge on any atom is 0.249 e. The lowest BCUT2D eigenvalue weighted by atomic mass is 10.2. The molecule has 0 aliphatic heterocycles. The van der Waals surface area contributed by atoms with E-state index in [4.69, 9.17) is 11.6 Å². The SMILES string of the molecule is CCC(=O)n1nc(-c2cccnc2)nc1NCc1ccc(Cl)cc1. The summed E-state index contributed by atoms with van der Waals surface area (Å²) in [7, 11) is 0. The predicted octanol–water partition coefficient (Wildman–Crippen LogP) is 3.66. The monoisotopic (exact) mass is 341 g/mol. The molecule has 0 saturated carbocycles. The zero-order chi connectivity index (χ0) is 16.9. The van der Waals surface area contributed by atoms with Gasteiger partial charge in [0, 0.05) is 35.9 Å². The Kier molecular flexibility index (Phi) is 4.86. The number of halogens is 1. The highest BCUT2D eigenvalue weighted by atomic mass is 35.5. The first-order chi connectivity index (χ1) is 11.7. The molecule has 0 amide bonds. The van der Waals surface area contributed by atoms with Crippen LogP contribution in [0.4, 0.5) is 5.95 Å². The molecule has 0 saturated heterocycles. The van der Waals surface area contributed by atoms with Crippen molar-refractivity contribution in [3.05, 3.63) is 59.4 Å². The molecule has 0 radical (unpaired) electrons. The van der Waals surface area contributed by atoms with Crippen molar-refractivity contribution in [2.75, 3.05) is 5.32 Å². The first kappa shape index (κ1) is 16.1. The van der Waals surface area contributed by atoms with Gasteiger partial charge in [-0.3, -0.25) is 9.78 Å². The fraction of sp³-hybridized carbons (Fsp3) is 0.176. The molecule has 0 aliphatic carbocycles. The summed E-state index contributed by atoms with van der Waals surface area (Å²) in [5, 5.41) is 8.15. The number of hydrogen-bond acceptors (Lipinski definition) is 5. The molecule has 6 nitrogen and oxygen atoms in total. The van der Waals surface area contributed by atoms with Crippen LogP contribution in [0.3, 0.4) is 0 Å². The van der Waals surface area contributed by atoms with E-state index in [9.17, 15) is 4.79 Å². The quantitative estimate of drug-likeness (QED) is 0.766. The molecule has 0 unspecified atom stereocenters. The van der Waals surface area contributed by atoms with Gasteiger partial charge < -0.3 is 5.32 Å². The molecule has 0 atom stereocenters. The van der Waals surface area contributed by atoms with Crippen LogP contribution in [0.2, 0.25) is 5.02 Å². The third-order valence-corrected chi connectivity index (χ3v) is 3.68. The van der Waals surface area contributed by atoms with Crippen molar-refractivity contribution in [2.24, 2.45) is 0 Å². The fourth-order valence-electron chi connectivity index (χ4n) is 2.15. The van der Waals surface area contributed by atoms with E-state index in [2.05, 4.69) is 20.4 Å². The second kappa shape index (κ2) is 7.23. The van der Waals surface area contributed by atoms with Crippen LogP contribution in [-0.4, -0.2) is 25.7 Å². The maximum atomic E-state index is 12.1. The number of pyridine rings is 1. The first-order valence-corrected chi connectivity index (χ1v) is 7.94. The van der Waals surface area contributed by atoms with Gasteiger partial charge in [-0.05, 0) is 29.8 Å². The minimum absolute atomic E-state index is 0.128. The van der Waals surface area contributed by atoms with Crippen molar-refractivity contribution in [1.29, 1.82) is 0 Å². The highest BCUT2D eigenvalue weighted by Crippen LogP contribution is 2.18. The van der Waals surface area contributed by atoms with Crippen molar-refractivity contribution in [3.63, 3.8) is 0 Å². The van der Waals surface area contributed by atoms with E-state index in [1.54, 1.807) is 25.4 Å². The van der Waals surface area contributed by atoms with Gasteiger partial charge in [0.1, 0.15) is 0 Å². The summed E-state index contributed by atoms with van der Waals surface area (Å²) in [4.78, 5) is 20.6. The number of nitrogens with zero attached hydrogens (tertiary/aromatic N) is 4. The molecule has 2 aromatic heterocycles. The van der Waals surface area contributed by atoms with E-state index in [0.29, 0.717) is 29.8 Å². The lowest BCUT2D eigenvalue weighted by Gasteiger charge is -2.06. The summed E-state index contributed by atoms with van der Waals surface area (Å²) in [5.74, 6) is 0.746. The number of hydrogen-bond donors (Lipinski definition) is 1. The van der Waals surface area contributed by atoms with Gasteiger partial charge >= 0.3 is 0 Å². The Bertz CT molecular complexity index is 830. The molecule has 7 heteroatoms. The average molecular weight is 342 g/mol. The summed E-state index contributed by atoms with van der Waals surface area (Å²) >= 11 is 5.89. The highest BCUT2D eigenvalue weighted by Gasteiger charge is 2.16. The number of carbonyl (C=O) groups is 1. The molecule has 1 aromatic carbocycles. The summed E-state index contributed by atoms with van der Waals surface area (Å²) < 4.78 is 1.30. The fourth-order valence-corrected chi connectivity index (χ4v) is 2.28. The van der Waals surface area contributed by atoms with Gasteiger partial charge in [0.15, 0.2) is 5.82 Å². The van der Waals surface area contributed by atoms with Crippen LogP contribution in [0, 0.1) is 0 Å². The van der Waals surface area contributed by atoms with Crippen molar-refractivity contribution in [2.45, 2.75) is 19.9 Å². The van der Waals surface area contributed by atoms with Crippen molar-refractivity contribution < 1.29 is 4.79 Å². The van der Waals surface area contributed by atoms with E-state index in [0.717, 1.165) is 11.1 Å². The number of anilines is 1. The van der Waals surface area contributed by atoms with Gasteiger partial charge in [-0.15, -0.1) is 5.10 Å². The Morgan fingerprint density at radius 3 is 2.71 bits per heavy atom. The summed E-state index contributed by atoms with van der Waals surface area (Å²) in [6, 6.07) is 11.1.